The highest BCUT2D eigenvalue weighted by atomic mass is 15.3. The Bertz CT molecular complexity index is 386. The highest BCUT2D eigenvalue weighted by Crippen LogP contribution is 2.60. The van der Waals surface area contributed by atoms with E-state index in [1.165, 1.54) is 31.2 Å². The second kappa shape index (κ2) is 5.04. The van der Waals surface area contributed by atoms with Gasteiger partial charge in [0.2, 0.25) is 0 Å². The van der Waals surface area contributed by atoms with Gasteiger partial charge in [0, 0.05) is 24.3 Å². The fourth-order valence-corrected chi connectivity index (χ4v) is 3.95. The lowest BCUT2D eigenvalue weighted by Crippen LogP contribution is -2.23. The maximum absolute atomic E-state index is 4.44. The first-order chi connectivity index (χ1) is 8.85. The quantitative estimate of drug-likeness (QED) is 0.867. The van der Waals surface area contributed by atoms with Crippen molar-refractivity contribution in [3.05, 3.63) is 18.0 Å². The standard InChI is InChI=1S/C15H25N3/c1-3-16-15(11-9-17-18(4-2)10-11)14-12-7-5-6-8-13(12)14/h9-10,12-16H,3-8H2,1-2H3. The van der Waals surface area contributed by atoms with E-state index in [0.29, 0.717) is 6.04 Å². The van der Waals surface area contributed by atoms with Crippen molar-refractivity contribution in [2.45, 2.75) is 52.1 Å². The lowest BCUT2D eigenvalue weighted by Gasteiger charge is -2.16. The topological polar surface area (TPSA) is 29.9 Å². The van der Waals surface area contributed by atoms with Crippen LogP contribution in [0.4, 0.5) is 0 Å². The molecule has 2 aliphatic rings. The molecule has 1 aromatic heterocycles. The number of rotatable bonds is 5. The van der Waals surface area contributed by atoms with Gasteiger partial charge in [0.1, 0.15) is 0 Å². The normalized spacial score (nSPS) is 32.0. The van der Waals surface area contributed by atoms with Crippen LogP contribution in [0.1, 0.15) is 51.1 Å². The van der Waals surface area contributed by atoms with Crippen LogP contribution in [0.3, 0.4) is 0 Å². The molecular weight excluding hydrogens is 222 g/mol. The van der Waals surface area contributed by atoms with Gasteiger partial charge in [0.05, 0.1) is 6.20 Å². The molecule has 0 radical (unpaired) electrons. The maximum Gasteiger partial charge on any atom is 0.0537 e. The van der Waals surface area contributed by atoms with Crippen molar-refractivity contribution >= 4 is 0 Å². The van der Waals surface area contributed by atoms with Crippen molar-refractivity contribution in [1.29, 1.82) is 0 Å². The van der Waals surface area contributed by atoms with E-state index in [0.717, 1.165) is 30.8 Å². The summed E-state index contributed by atoms with van der Waals surface area (Å²) in [4.78, 5) is 0. The lowest BCUT2D eigenvalue weighted by molar-refractivity contribution is 0.456. The van der Waals surface area contributed by atoms with E-state index in [-0.39, 0.29) is 0 Å². The first-order valence-corrected chi connectivity index (χ1v) is 7.60. The van der Waals surface area contributed by atoms with E-state index in [4.69, 9.17) is 0 Å². The summed E-state index contributed by atoms with van der Waals surface area (Å²) in [5, 5.41) is 8.14. The third kappa shape index (κ3) is 2.09. The van der Waals surface area contributed by atoms with E-state index < -0.39 is 0 Å². The molecular formula is C15H25N3. The second-order valence-corrected chi connectivity index (χ2v) is 5.85. The summed E-state index contributed by atoms with van der Waals surface area (Å²) in [7, 11) is 0. The summed E-state index contributed by atoms with van der Waals surface area (Å²) in [5.41, 5.74) is 1.40. The Morgan fingerprint density at radius 2 is 2.06 bits per heavy atom. The van der Waals surface area contributed by atoms with Crippen molar-refractivity contribution in [2.75, 3.05) is 6.54 Å². The molecule has 18 heavy (non-hydrogen) atoms. The van der Waals surface area contributed by atoms with E-state index in [1.54, 1.807) is 0 Å². The number of nitrogens with one attached hydrogen (secondary N) is 1. The van der Waals surface area contributed by atoms with Crippen LogP contribution in [0.2, 0.25) is 0 Å². The predicted octanol–water partition coefficient (Wildman–Crippen LogP) is 2.99. The summed E-state index contributed by atoms with van der Waals surface area (Å²) in [5.74, 6) is 2.86. The number of aromatic nitrogens is 2. The molecule has 0 aliphatic heterocycles. The average molecular weight is 247 g/mol. The molecule has 0 bridgehead atoms. The molecule has 0 spiro atoms. The molecule has 3 nitrogen and oxygen atoms in total. The average Bonchev–Trinajstić information content (AvgIpc) is 2.92. The third-order valence-electron chi connectivity index (χ3n) is 4.87. The van der Waals surface area contributed by atoms with Gasteiger partial charge in [-0.2, -0.15) is 5.10 Å². The monoisotopic (exact) mass is 247 g/mol. The van der Waals surface area contributed by atoms with E-state index in [9.17, 15) is 0 Å². The number of nitrogens with zero attached hydrogens (tertiary/aromatic N) is 2. The summed E-state index contributed by atoms with van der Waals surface area (Å²) in [6.07, 6.45) is 10.1. The van der Waals surface area contributed by atoms with Gasteiger partial charge in [0.15, 0.2) is 0 Å². The fourth-order valence-electron chi connectivity index (χ4n) is 3.95. The van der Waals surface area contributed by atoms with Crippen molar-refractivity contribution in [2.24, 2.45) is 17.8 Å². The molecule has 2 saturated carbocycles. The second-order valence-electron chi connectivity index (χ2n) is 5.85. The van der Waals surface area contributed by atoms with Gasteiger partial charge in [-0.3, -0.25) is 4.68 Å². The van der Waals surface area contributed by atoms with Gasteiger partial charge >= 0.3 is 0 Å². The molecule has 0 saturated heterocycles. The van der Waals surface area contributed by atoms with Gasteiger partial charge in [0.25, 0.3) is 0 Å². The Balaban J connectivity index is 1.76. The smallest absolute Gasteiger partial charge is 0.0537 e. The van der Waals surface area contributed by atoms with Crippen molar-refractivity contribution in [3.63, 3.8) is 0 Å². The molecule has 2 aliphatic carbocycles. The highest BCUT2D eigenvalue weighted by molar-refractivity contribution is 5.18. The van der Waals surface area contributed by atoms with E-state index in [2.05, 4.69) is 36.7 Å². The number of hydrogen-bond donors (Lipinski definition) is 1. The minimum Gasteiger partial charge on any atom is -0.310 e. The minimum absolute atomic E-state index is 0.545. The Hall–Kier alpha value is -0.830. The molecule has 3 unspecified atom stereocenters. The molecule has 1 aromatic rings. The van der Waals surface area contributed by atoms with Crippen LogP contribution in [0.5, 0.6) is 0 Å². The lowest BCUT2D eigenvalue weighted by atomic mass is 10.0. The maximum atomic E-state index is 4.44. The van der Waals surface area contributed by atoms with Crippen LogP contribution >= 0.6 is 0 Å². The molecule has 100 valence electrons. The molecule has 1 heterocycles. The fraction of sp³-hybridized carbons (Fsp3) is 0.800. The molecule has 2 fully saturated rings. The Kier molecular flexibility index (Phi) is 3.42. The largest absolute Gasteiger partial charge is 0.310 e. The molecule has 3 rings (SSSR count). The zero-order valence-corrected chi connectivity index (χ0v) is 11.6. The van der Waals surface area contributed by atoms with E-state index in [1.807, 2.05) is 4.68 Å². The molecule has 0 amide bonds. The Morgan fingerprint density at radius 1 is 1.33 bits per heavy atom. The molecule has 0 aromatic carbocycles. The van der Waals surface area contributed by atoms with Crippen molar-refractivity contribution < 1.29 is 0 Å². The molecule has 3 atom stereocenters. The highest BCUT2D eigenvalue weighted by Gasteiger charge is 2.54. The molecule has 3 heteroatoms. The van der Waals surface area contributed by atoms with Gasteiger partial charge < -0.3 is 5.32 Å². The van der Waals surface area contributed by atoms with Crippen LogP contribution in [0, 0.1) is 17.8 Å². The predicted molar refractivity (Wildman–Crippen MR) is 73.3 cm³/mol. The third-order valence-corrected chi connectivity index (χ3v) is 4.87. The van der Waals surface area contributed by atoms with Gasteiger partial charge in [-0.25, -0.2) is 0 Å². The summed E-state index contributed by atoms with van der Waals surface area (Å²) in [6.45, 7) is 6.38. The molecule has 1 N–H and O–H groups in total. The number of aryl methyl sites for hydroxylation is 1. The zero-order valence-electron chi connectivity index (χ0n) is 11.6. The first-order valence-electron chi connectivity index (χ1n) is 7.60. The Morgan fingerprint density at radius 3 is 2.61 bits per heavy atom. The van der Waals surface area contributed by atoms with Crippen LogP contribution in [0.15, 0.2) is 12.4 Å². The minimum atomic E-state index is 0.545. The van der Waals surface area contributed by atoms with E-state index >= 15 is 0 Å². The first kappa shape index (κ1) is 12.2. The van der Waals surface area contributed by atoms with Crippen molar-refractivity contribution in [3.8, 4) is 0 Å². The van der Waals surface area contributed by atoms with Gasteiger partial charge in [-0.15, -0.1) is 0 Å². The number of fused-ring (bicyclic) bond motifs is 1. The van der Waals surface area contributed by atoms with Gasteiger partial charge in [-0.05, 0) is 44.1 Å². The SMILES string of the molecule is CCNC(c1cnn(CC)c1)C1C2CCCCC21. The van der Waals surface area contributed by atoms with Gasteiger partial charge in [-0.1, -0.05) is 19.8 Å². The number of hydrogen-bond acceptors (Lipinski definition) is 2. The summed E-state index contributed by atoms with van der Waals surface area (Å²) in [6, 6.07) is 0.545. The van der Waals surface area contributed by atoms with Crippen LogP contribution in [-0.4, -0.2) is 16.3 Å². The summed E-state index contributed by atoms with van der Waals surface area (Å²) < 4.78 is 2.05. The van der Waals surface area contributed by atoms with Crippen molar-refractivity contribution in [1.82, 2.24) is 15.1 Å². The Labute approximate surface area is 110 Å². The van der Waals surface area contributed by atoms with Crippen LogP contribution in [-0.2, 0) is 6.54 Å². The van der Waals surface area contributed by atoms with Crippen LogP contribution < -0.4 is 5.32 Å². The van der Waals surface area contributed by atoms with Crippen LogP contribution in [0.25, 0.3) is 0 Å². The summed E-state index contributed by atoms with van der Waals surface area (Å²) >= 11 is 0. The zero-order chi connectivity index (χ0) is 12.5.